The topological polar surface area (TPSA) is 255 Å². The molecule has 4 rings (SSSR count). The second kappa shape index (κ2) is 13.8. The lowest BCUT2D eigenvalue weighted by molar-refractivity contribution is -0.870. The maximum atomic E-state index is 13.2. The summed E-state index contributed by atoms with van der Waals surface area (Å²) in [5, 5.41) is 22.9. The van der Waals surface area contributed by atoms with Crippen LogP contribution in [0.4, 0.5) is 18.3 Å². The predicted octanol–water partition coefficient (Wildman–Crippen LogP) is 0.799. The van der Waals surface area contributed by atoms with Crippen LogP contribution in [0.3, 0.4) is 0 Å². The Morgan fingerprint density at radius 1 is 1.19 bits per heavy atom. The van der Waals surface area contributed by atoms with Crippen LogP contribution >= 0.6 is 11.3 Å². The molecule has 0 bridgehead atoms. The molecular weight excluding hydrogens is 639 g/mol. The number of nitrogens with two attached hydrogens (primary N) is 1. The standard InChI is InChI=1S/C20H24N8O4S3.C2HF3O2.H3N/c1-28(2,3)11-5-10-22-35(31,32)15-9-8-12(13-6-4-7-14-17(13)23-20(21)33-14)16(18(15)34(29)30)19-24-26-27-25-19;3-2(4,5)1(6)7;/h4,6-9,22H,5,10-11H2,1-3H3,(H3-,21,23,24,25,26,27,29,30);(H,6,7);1H3/p-1. The Bertz CT molecular complexity index is 1710. The second-order valence-corrected chi connectivity index (χ2v) is 13.2. The summed E-state index contributed by atoms with van der Waals surface area (Å²) in [5.41, 5.74) is 7.38. The molecule has 236 valence electrons. The Hall–Kier alpha value is -3.60. The van der Waals surface area contributed by atoms with Crippen LogP contribution in [-0.4, -0.2) is 93.6 Å². The Kier molecular flexibility index (Phi) is 11.4. The molecule has 0 amide bonds. The third-order valence-electron chi connectivity index (χ3n) is 5.40. The highest BCUT2D eigenvalue weighted by Gasteiger charge is 2.29. The zero-order valence-corrected chi connectivity index (χ0v) is 25.3. The molecule has 1 atom stereocenters. The van der Waals surface area contributed by atoms with Gasteiger partial charge in [0.05, 0.1) is 47.7 Å². The quantitative estimate of drug-likeness (QED) is 0.110. The van der Waals surface area contributed by atoms with Gasteiger partial charge in [-0.1, -0.05) is 29.5 Å². The monoisotopic (exact) mass is 666 g/mol. The summed E-state index contributed by atoms with van der Waals surface area (Å²) in [5.74, 6) is -3.08. The largest absolute Gasteiger partial charge is 0.768 e. The number of anilines is 1. The van der Waals surface area contributed by atoms with Crippen molar-refractivity contribution in [2.24, 2.45) is 0 Å². The minimum atomic E-state index is -5.19. The van der Waals surface area contributed by atoms with Gasteiger partial charge in [0.1, 0.15) is 5.97 Å². The normalized spacial score (nSPS) is 12.7. The number of hydrogen-bond donors (Lipinski definition) is 4. The summed E-state index contributed by atoms with van der Waals surface area (Å²) < 4.78 is 86.9. The Morgan fingerprint density at radius 3 is 2.37 bits per heavy atom. The van der Waals surface area contributed by atoms with Crippen molar-refractivity contribution in [1.29, 1.82) is 0 Å². The number of benzene rings is 2. The number of thiazole rings is 1. The first-order valence-electron chi connectivity index (χ1n) is 11.7. The number of tetrazole rings is 1. The summed E-state index contributed by atoms with van der Waals surface area (Å²) in [7, 11) is 1.82. The number of hydrogen-bond acceptors (Lipinski definition) is 13. The number of alkyl halides is 3. The molecule has 7 N–H and O–H groups in total. The number of carbonyl (C=O) groups excluding carboxylic acids is 1. The fourth-order valence-electron chi connectivity index (χ4n) is 3.68. The van der Waals surface area contributed by atoms with E-state index in [4.69, 9.17) is 15.6 Å². The average molecular weight is 667 g/mol. The molecule has 21 heteroatoms. The lowest BCUT2D eigenvalue weighted by atomic mass is 9.98. The number of carboxylic acids is 1. The molecule has 43 heavy (non-hydrogen) atoms. The SMILES string of the molecule is C[N+](C)(C)CCCNS(=O)(=O)c1ccc(-c2cccc3sc(N)nc23)c(-c2nn[nH]n2)c1S(=O)[O-].N.O=C([O-])C(F)(F)F. The van der Waals surface area contributed by atoms with Crippen LogP contribution in [0.5, 0.6) is 0 Å². The van der Waals surface area contributed by atoms with Crippen molar-refractivity contribution in [3.8, 4) is 22.5 Å². The molecule has 2 aromatic heterocycles. The number of aromatic nitrogens is 5. The summed E-state index contributed by atoms with van der Waals surface area (Å²) in [6.07, 6.45) is -4.62. The molecule has 0 aliphatic carbocycles. The number of carboxylic acid groups (broad SMARTS) is 1. The van der Waals surface area contributed by atoms with Crippen LogP contribution in [0.2, 0.25) is 0 Å². The van der Waals surface area contributed by atoms with E-state index < -0.39 is 43.0 Å². The number of sulfonamides is 1. The van der Waals surface area contributed by atoms with E-state index in [1.165, 1.54) is 23.5 Å². The molecule has 0 fully saturated rings. The van der Waals surface area contributed by atoms with Crippen molar-refractivity contribution in [1.82, 2.24) is 36.5 Å². The van der Waals surface area contributed by atoms with Crippen LogP contribution in [0.25, 0.3) is 32.7 Å². The zero-order valence-electron chi connectivity index (χ0n) is 22.8. The maximum Gasteiger partial charge on any atom is 0.430 e. The van der Waals surface area contributed by atoms with Gasteiger partial charge in [0.15, 0.2) is 5.13 Å². The summed E-state index contributed by atoms with van der Waals surface area (Å²) in [4.78, 5) is 12.3. The van der Waals surface area contributed by atoms with Gasteiger partial charge in [-0.15, -0.1) is 10.2 Å². The predicted molar refractivity (Wildman–Crippen MR) is 149 cm³/mol. The van der Waals surface area contributed by atoms with Crippen molar-refractivity contribution in [3.63, 3.8) is 0 Å². The van der Waals surface area contributed by atoms with E-state index in [0.717, 1.165) is 11.2 Å². The molecule has 1 unspecified atom stereocenters. The summed E-state index contributed by atoms with van der Waals surface area (Å²) in [6.45, 7) is 0.885. The van der Waals surface area contributed by atoms with Crippen molar-refractivity contribution in [3.05, 3.63) is 30.3 Å². The van der Waals surface area contributed by atoms with Gasteiger partial charge in [-0.25, -0.2) is 18.1 Å². The molecule has 0 aliphatic rings. The summed E-state index contributed by atoms with van der Waals surface area (Å²) >= 11 is -1.67. The number of rotatable bonds is 9. The van der Waals surface area contributed by atoms with Gasteiger partial charge in [-0.3, -0.25) is 4.21 Å². The lowest BCUT2D eigenvalue weighted by Gasteiger charge is -2.24. The lowest BCUT2D eigenvalue weighted by Crippen LogP contribution is -2.37. The maximum absolute atomic E-state index is 13.2. The van der Waals surface area contributed by atoms with Crippen LogP contribution in [0.15, 0.2) is 40.1 Å². The number of nitrogens with zero attached hydrogens (tertiary/aromatic N) is 5. The van der Waals surface area contributed by atoms with Crippen LogP contribution in [0, 0.1) is 0 Å². The Balaban J connectivity index is 0.000000721. The minimum Gasteiger partial charge on any atom is -0.768 e. The van der Waals surface area contributed by atoms with Crippen LogP contribution in [0.1, 0.15) is 6.42 Å². The number of nitrogen functional groups attached to an aromatic ring is 1. The van der Waals surface area contributed by atoms with E-state index in [0.29, 0.717) is 32.7 Å². The molecule has 0 saturated carbocycles. The van der Waals surface area contributed by atoms with E-state index in [-0.39, 0.29) is 24.1 Å². The van der Waals surface area contributed by atoms with E-state index >= 15 is 0 Å². The van der Waals surface area contributed by atoms with E-state index in [1.54, 1.807) is 12.1 Å². The first-order valence-corrected chi connectivity index (χ1v) is 15.0. The van der Waals surface area contributed by atoms with Gasteiger partial charge in [0.25, 0.3) is 0 Å². The summed E-state index contributed by atoms with van der Waals surface area (Å²) in [6, 6.07) is 8.15. The zero-order chi connectivity index (χ0) is 31.5. The smallest absolute Gasteiger partial charge is 0.430 e. The Morgan fingerprint density at radius 2 is 1.84 bits per heavy atom. The van der Waals surface area contributed by atoms with Crippen molar-refractivity contribution in [2.45, 2.75) is 22.4 Å². The van der Waals surface area contributed by atoms with Gasteiger partial charge < -0.3 is 30.8 Å². The number of carbonyl (C=O) groups is 1. The fourth-order valence-corrected chi connectivity index (χ4v) is 6.73. The number of quaternary nitrogens is 1. The minimum absolute atomic E-state index is 0. The molecule has 0 radical (unpaired) electrons. The molecule has 0 aliphatic heterocycles. The number of nitrogens with one attached hydrogen (secondary N) is 2. The number of halogens is 3. The van der Waals surface area contributed by atoms with E-state index in [9.17, 15) is 30.4 Å². The third-order valence-corrected chi connectivity index (χ3v) is 8.64. The molecule has 15 nitrogen and oxygen atoms in total. The number of aromatic amines is 1. The van der Waals surface area contributed by atoms with Crippen molar-refractivity contribution >= 4 is 53.8 Å². The molecule has 0 spiro atoms. The van der Waals surface area contributed by atoms with Gasteiger partial charge in [-0.2, -0.15) is 18.4 Å². The first-order chi connectivity index (χ1) is 19.4. The van der Waals surface area contributed by atoms with Gasteiger partial charge in [-0.05, 0) is 34.0 Å². The number of fused-ring (bicyclic) bond motifs is 1. The fraction of sp³-hybridized carbons (Fsp3) is 0.318. The van der Waals surface area contributed by atoms with Crippen LogP contribution in [-0.2, 0) is 25.9 Å². The highest BCUT2D eigenvalue weighted by atomic mass is 32.2. The number of para-hydroxylation sites is 1. The highest BCUT2D eigenvalue weighted by Crippen LogP contribution is 2.41. The highest BCUT2D eigenvalue weighted by molar-refractivity contribution is 7.90. The van der Waals surface area contributed by atoms with E-state index in [1.807, 2.05) is 27.2 Å². The molecule has 2 aromatic carbocycles. The van der Waals surface area contributed by atoms with Gasteiger partial charge in [0, 0.05) is 24.1 Å². The molecule has 0 saturated heterocycles. The molecule has 4 aromatic rings. The van der Waals surface area contributed by atoms with Crippen LogP contribution < -0.4 is 21.7 Å². The van der Waals surface area contributed by atoms with E-state index in [2.05, 4.69) is 30.3 Å². The number of aliphatic carboxylic acids is 1. The average Bonchev–Trinajstić information content (AvgIpc) is 3.54. The molecular formula is C22H27F3N9O6S3-. The van der Waals surface area contributed by atoms with Gasteiger partial charge >= 0.3 is 6.18 Å². The molecule has 2 heterocycles. The second-order valence-electron chi connectivity index (χ2n) is 9.54. The number of H-pyrrole nitrogens is 1. The van der Waals surface area contributed by atoms with Crippen molar-refractivity contribution < 1.29 is 44.7 Å². The first kappa shape index (κ1) is 35.6. The van der Waals surface area contributed by atoms with Gasteiger partial charge in [0.2, 0.25) is 15.8 Å². The van der Waals surface area contributed by atoms with Crippen molar-refractivity contribution in [2.75, 3.05) is 40.0 Å². The third kappa shape index (κ3) is 8.95. The Labute approximate surface area is 249 Å².